The number of halogens is 3. The Kier molecular flexibility index (Phi) is 7.09. The number of aliphatic hydroxyl groups excluding tert-OH is 1. The van der Waals surface area contributed by atoms with Crippen molar-refractivity contribution in [3.8, 4) is 0 Å². The summed E-state index contributed by atoms with van der Waals surface area (Å²) < 4.78 is 1.58. The molecule has 2 rings (SSSR count). The van der Waals surface area contributed by atoms with Crippen molar-refractivity contribution in [3.05, 3.63) is 28.2 Å². The molecule has 0 saturated carbocycles. The smallest absolute Gasteiger partial charge is 0.469 e. The van der Waals surface area contributed by atoms with Crippen LogP contribution in [0, 0.1) is 5.92 Å². The second-order valence-electron chi connectivity index (χ2n) is 4.88. The maximum absolute atomic E-state index is 12.1. The molecule has 1 aliphatic heterocycles. The number of amides is 1. The van der Waals surface area contributed by atoms with Gasteiger partial charge >= 0.3 is 11.9 Å². The van der Waals surface area contributed by atoms with Gasteiger partial charge in [0.15, 0.2) is 0 Å². The van der Waals surface area contributed by atoms with E-state index >= 15 is 0 Å². The summed E-state index contributed by atoms with van der Waals surface area (Å²) in [4.78, 5) is 13.3. The quantitative estimate of drug-likeness (QED) is 0.406. The van der Waals surface area contributed by atoms with Gasteiger partial charge in [0.1, 0.15) is 5.69 Å². The monoisotopic (exact) mass is 460 g/mol. The summed E-state index contributed by atoms with van der Waals surface area (Å²) in [5.74, 6) is 1.08. The Bertz CT molecular complexity index is 561. The molecular formula is C13H15Cl2IN2O2S. The van der Waals surface area contributed by atoms with Gasteiger partial charge in [0.2, 0.25) is 6.54 Å². The first-order chi connectivity index (χ1) is 9.38. The molecule has 1 aliphatic rings. The van der Waals surface area contributed by atoms with Crippen LogP contribution < -0.4 is 28.9 Å². The normalized spacial score (nSPS) is 14.9. The fraction of sp³-hybridized carbons (Fsp3) is 0.385. The van der Waals surface area contributed by atoms with Crippen LogP contribution in [0.15, 0.2) is 18.2 Å². The van der Waals surface area contributed by atoms with Crippen LogP contribution >= 0.6 is 35.1 Å². The lowest BCUT2D eigenvalue weighted by molar-refractivity contribution is -0.338. The van der Waals surface area contributed by atoms with Crippen molar-refractivity contribution >= 4 is 52.8 Å². The van der Waals surface area contributed by atoms with Crippen molar-refractivity contribution in [1.29, 1.82) is 0 Å². The van der Waals surface area contributed by atoms with Crippen molar-refractivity contribution in [1.82, 2.24) is 0 Å². The fourth-order valence-electron chi connectivity index (χ4n) is 1.76. The van der Waals surface area contributed by atoms with Crippen LogP contribution in [-0.4, -0.2) is 33.3 Å². The molecule has 8 heteroatoms. The van der Waals surface area contributed by atoms with E-state index in [1.165, 1.54) is 16.8 Å². The molecule has 116 valence electrons. The standard InChI is InChI=1S/C13H14Cl2N2O2S.HI/c1-8(2)7-20-16-6-12(18)17(13(16)19)11-4-9(14)3-10(15)5-11;/h3-5,8H,6-7H2,1-2H3;1H. The Labute approximate surface area is 155 Å². The highest BCUT2D eigenvalue weighted by atomic mass is 127. The Morgan fingerprint density at radius 2 is 1.90 bits per heavy atom. The molecule has 1 amide bonds. The SMILES string of the molecule is CC(C)CS[N+]1=C(O)N(c2cc(Cl)cc(Cl)c2)C(=O)C1.[I-]. The third kappa shape index (κ3) is 4.64. The lowest BCUT2D eigenvalue weighted by atomic mass is 10.3. The maximum atomic E-state index is 12.1. The van der Waals surface area contributed by atoms with Gasteiger partial charge in [0.25, 0.3) is 0 Å². The molecule has 0 aromatic heterocycles. The molecule has 0 unspecified atom stereocenters. The summed E-state index contributed by atoms with van der Waals surface area (Å²) in [6.07, 6.45) is 0. The summed E-state index contributed by atoms with van der Waals surface area (Å²) in [7, 11) is 0. The number of rotatable bonds is 4. The highest BCUT2D eigenvalue weighted by Gasteiger charge is 2.41. The number of benzene rings is 1. The van der Waals surface area contributed by atoms with Crippen molar-refractivity contribution < 1.29 is 37.9 Å². The Balaban J connectivity index is 0.00000220. The summed E-state index contributed by atoms with van der Waals surface area (Å²) in [5, 5.41) is 11.0. The molecule has 0 bridgehead atoms. The van der Waals surface area contributed by atoms with Gasteiger partial charge in [-0.25, -0.2) is 4.79 Å². The minimum atomic E-state index is -0.211. The van der Waals surface area contributed by atoms with Crippen LogP contribution in [0.25, 0.3) is 0 Å². The van der Waals surface area contributed by atoms with Crippen LogP contribution in [0.4, 0.5) is 5.69 Å². The number of carbonyl (C=O) groups excluding carboxylic acids is 1. The van der Waals surface area contributed by atoms with Gasteiger partial charge in [-0.1, -0.05) is 37.0 Å². The lowest BCUT2D eigenvalue weighted by Crippen LogP contribution is -3.00. The van der Waals surface area contributed by atoms with E-state index in [1.54, 1.807) is 22.2 Å². The fourth-order valence-corrected chi connectivity index (χ4v) is 3.15. The molecule has 0 saturated heterocycles. The van der Waals surface area contributed by atoms with Gasteiger partial charge in [0, 0.05) is 27.9 Å². The van der Waals surface area contributed by atoms with E-state index in [1.807, 2.05) is 0 Å². The van der Waals surface area contributed by atoms with Crippen molar-refractivity contribution in [2.45, 2.75) is 13.8 Å². The zero-order valence-electron chi connectivity index (χ0n) is 11.5. The molecule has 1 aromatic rings. The lowest BCUT2D eigenvalue weighted by Gasteiger charge is -2.07. The molecule has 1 heterocycles. The second-order valence-corrected chi connectivity index (χ2v) is 6.79. The molecule has 0 atom stereocenters. The van der Waals surface area contributed by atoms with Gasteiger partial charge in [-0.05, 0) is 12.0 Å². The number of amidine groups is 1. The van der Waals surface area contributed by atoms with Crippen molar-refractivity contribution in [2.24, 2.45) is 5.92 Å². The largest absolute Gasteiger partial charge is 1.00 e. The van der Waals surface area contributed by atoms with E-state index in [9.17, 15) is 9.90 Å². The number of anilines is 1. The summed E-state index contributed by atoms with van der Waals surface area (Å²) in [6.45, 7) is 4.29. The van der Waals surface area contributed by atoms with Gasteiger partial charge in [-0.15, -0.1) is 4.90 Å². The molecule has 1 aromatic carbocycles. The molecule has 0 fully saturated rings. The van der Waals surface area contributed by atoms with Crippen LogP contribution in [0.1, 0.15) is 13.8 Å². The van der Waals surface area contributed by atoms with Gasteiger partial charge < -0.3 is 29.1 Å². The number of aliphatic hydroxyl groups is 1. The number of nitrogens with zero attached hydrogens (tertiary/aromatic N) is 2. The highest BCUT2D eigenvalue weighted by Crippen LogP contribution is 2.28. The summed E-state index contributed by atoms with van der Waals surface area (Å²) >= 11 is 13.3. The first-order valence-corrected chi connectivity index (χ1v) is 7.83. The highest BCUT2D eigenvalue weighted by molar-refractivity contribution is 7.93. The van der Waals surface area contributed by atoms with Gasteiger partial charge in [-0.2, -0.15) is 3.98 Å². The van der Waals surface area contributed by atoms with E-state index in [2.05, 4.69) is 13.8 Å². The van der Waals surface area contributed by atoms with Crippen LogP contribution in [0.2, 0.25) is 10.0 Å². The van der Waals surface area contributed by atoms with E-state index < -0.39 is 0 Å². The third-order valence-electron chi connectivity index (χ3n) is 2.62. The number of carbonyl (C=O) groups is 1. The van der Waals surface area contributed by atoms with Gasteiger partial charge in [-0.3, -0.25) is 0 Å². The average Bonchev–Trinajstić information content (AvgIpc) is 2.60. The molecule has 21 heavy (non-hydrogen) atoms. The summed E-state index contributed by atoms with van der Waals surface area (Å²) in [5.41, 5.74) is 0.470. The predicted octanol–water partition coefficient (Wildman–Crippen LogP) is 0.575. The first-order valence-electron chi connectivity index (χ1n) is 6.14. The van der Waals surface area contributed by atoms with Crippen LogP contribution in [0.3, 0.4) is 0 Å². The van der Waals surface area contributed by atoms with E-state index in [4.69, 9.17) is 23.2 Å². The zero-order valence-corrected chi connectivity index (χ0v) is 16.0. The number of hydrogen-bond acceptors (Lipinski definition) is 2. The van der Waals surface area contributed by atoms with E-state index in [-0.39, 0.29) is 42.5 Å². The summed E-state index contributed by atoms with van der Waals surface area (Å²) in [6, 6.07) is 4.67. The molecule has 0 aliphatic carbocycles. The Morgan fingerprint density at radius 1 is 1.33 bits per heavy atom. The van der Waals surface area contributed by atoms with Crippen molar-refractivity contribution in [3.63, 3.8) is 0 Å². The average molecular weight is 461 g/mol. The zero-order chi connectivity index (χ0) is 14.9. The van der Waals surface area contributed by atoms with Crippen LogP contribution in [-0.2, 0) is 4.79 Å². The number of hydrogen-bond donors (Lipinski definition) is 1. The van der Waals surface area contributed by atoms with E-state index in [0.717, 1.165) is 5.75 Å². The molecule has 0 spiro atoms. The Hall–Kier alpha value is -0.180. The first kappa shape index (κ1) is 18.9. The molecular weight excluding hydrogens is 446 g/mol. The Morgan fingerprint density at radius 3 is 2.43 bits per heavy atom. The van der Waals surface area contributed by atoms with Gasteiger partial charge in [0.05, 0.1) is 11.9 Å². The predicted molar refractivity (Wildman–Crippen MR) is 84.0 cm³/mol. The van der Waals surface area contributed by atoms with Crippen LogP contribution in [0.5, 0.6) is 0 Å². The van der Waals surface area contributed by atoms with E-state index in [0.29, 0.717) is 21.7 Å². The molecule has 4 nitrogen and oxygen atoms in total. The van der Waals surface area contributed by atoms with Crippen molar-refractivity contribution in [2.75, 3.05) is 17.2 Å². The molecule has 1 N–H and O–H groups in total. The second kappa shape index (κ2) is 7.89. The topological polar surface area (TPSA) is 43.6 Å². The minimum absolute atomic E-state index is 0. The third-order valence-corrected chi connectivity index (χ3v) is 4.48. The maximum Gasteiger partial charge on any atom is 0.469 e. The minimum Gasteiger partial charge on any atom is -1.00 e. The molecule has 0 radical (unpaired) electrons.